The second-order valence-electron chi connectivity index (χ2n) is 8.56. The van der Waals surface area contributed by atoms with E-state index in [1.165, 1.54) is 66.3 Å². The van der Waals surface area contributed by atoms with Crippen LogP contribution in [-0.2, 0) is 16.1 Å². The van der Waals surface area contributed by atoms with Crippen LogP contribution in [0, 0.1) is 5.82 Å². The highest BCUT2D eigenvalue weighted by molar-refractivity contribution is 7.14. The number of nitrogens with zero attached hydrogens (tertiary/aromatic N) is 4. The van der Waals surface area contributed by atoms with E-state index in [4.69, 9.17) is 0 Å². The fraction of sp³-hybridized carbons (Fsp3) is 0.296. The van der Waals surface area contributed by atoms with E-state index < -0.39 is 5.82 Å². The third-order valence-electron chi connectivity index (χ3n) is 5.98. The summed E-state index contributed by atoms with van der Waals surface area (Å²) in [5.41, 5.74) is 2.99. The number of benzene rings is 2. The largest absolute Gasteiger partial charge is 0.371 e. The molecule has 0 bridgehead atoms. The average Bonchev–Trinajstić information content (AvgIpc) is 3.33. The molecule has 1 aliphatic heterocycles. The number of piperidine rings is 1. The molecule has 0 unspecified atom stereocenters. The number of carbonyl (C=O) groups is 2. The molecule has 1 fully saturated rings. The Bertz CT molecular complexity index is 1220. The van der Waals surface area contributed by atoms with Gasteiger partial charge in [-0.15, -0.1) is 11.3 Å². The van der Waals surface area contributed by atoms with Crippen molar-refractivity contribution in [3.8, 4) is 0 Å². The van der Waals surface area contributed by atoms with Gasteiger partial charge < -0.3 is 9.80 Å². The van der Waals surface area contributed by atoms with Crippen LogP contribution in [0.1, 0.15) is 37.4 Å². The summed E-state index contributed by atoms with van der Waals surface area (Å²) < 4.78 is 14.3. The van der Waals surface area contributed by atoms with Crippen LogP contribution in [0.4, 0.5) is 20.9 Å². The van der Waals surface area contributed by atoms with Crippen LogP contribution < -0.4 is 9.80 Å². The molecule has 3 aromatic rings. The number of amides is 2. The van der Waals surface area contributed by atoms with E-state index in [1.807, 2.05) is 12.1 Å². The molecule has 2 amide bonds. The number of hydrogen-bond acceptors (Lipinski definition) is 5. The number of anilines is 3. The van der Waals surface area contributed by atoms with Crippen LogP contribution in [0.5, 0.6) is 0 Å². The first-order valence-corrected chi connectivity index (χ1v) is 12.6. The predicted molar refractivity (Wildman–Crippen MR) is 139 cm³/mol. The summed E-state index contributed by atoms with van der Waals surface area (Å²) in [5.74, 6) is -0.995. The van der Waals surface area contributed by atoms with Crippen molar-refractivity contribution in [2.24, 2.45) is 0 Å². The molecule has 0 radical (unpaired) electrons. The summed E-state index contributed by atoms with van der Waals surface area (Å²) in [6.45, 7) is 3.96. The lowest BCUT2D eigenvalue weighted by Gasteiger charge is -2.31. The normalized spacial score (nSPS) is 13.7. The van der Waals surface area contributed by atoms with Crippen LogP contribution in [0.3, 0.4) is 0 Å². The lowest BCUT2D eigenvalue weighted by atomic mass is 10.1. The second kappa shape index (κ2) is 11.3. The Balaban J connectivity index is 1.44. The molecule has 2 aromatic carbocycles. The molecule has 0 spiro atoms. The maximum atomic E-state index is 14.3. The third-order valence-corrected chi connectivity index (χ3v) is 6.82. The molecule has 2 heterocycles. The fourth-order valence-electron chi connectivity index (χ4n) is 4.20. The van der Waals surface area contributed by atoms with Crippen LogP contribution in [0.2, 0.25) is 0 Å². The first-order valence-electron chi connectivity index (χ1n) is 11.7. The molecule has 6 nitrogen and oxygen atoms in total. The van der Waals surface area contributed by atoms with Gasteiger partial charge in [0, 0.05) is 50.7 Å². The highest BCUT2D eigenvalue weighted by atomic mass is 32.1. The molecule has 8 heteroatoms. The van der Waals surface area contributed by atoms with Gasteiger partial charge in [-0.2, -0.15) is 0 Å². The molecule has 1 aromatic heterocycles. The smallest absolute Gasteiger partial charge is 0.246 e. The van der Waals surface area contributed by atoms with Gasteiger partial charge in [0.25, 0.3) is 0 Å². The molecule has 4 rings (SSSR count). The first-order chi connectivity index (χ1) is 16.9. The summed E-state index contributed by atoms with van der Waals surface area (Å²) in [6, 6.07) is 14.3. The molecule has 182 valence electrons. The second-order valence-corrected chi connectivity index (χ2v) is 9.40. The zero-order chi connectivity index (χ0) is 24.8. The number of halogens is 1. The standard InChI is InChI=1S/C27H29FN4O2S/c1-20(33)32(25-13-7-5-11-23(25)28)27-29-22(19-35-27)14-15-26(34)30(2)18-21-10-4-6-12-24(21)31-16-8-3-9-17-31/h4-7,10-15,19H,3,8-9,16-18H2,1-2H3/b15-14+. The zero-order valence-corrected chi connectivity index (χ0v) is 20.8. The Labute approximate surface area is 209 Å². The molecular formula is C27H29FN4O2S. The lowest BCUT2D eigenvalue weighted by Crippen LogP contribution is -2.31. The topological polar surface area (TPSA) is 56.8 Å². The Morgan fingerprint density at radius 1 is 1.09 bits per heavy atom. The van der Waals surface area contributed by atoms with Crippen molar-refractivity contribution in [1.82, 2.24) is 9.88 Å². The molecule has 35 heavy (non-hydrogen) atoms. The third kappa shape index (κ3) is 5.95. The van der Waals surface area contributed by atoms with E-state index in [0.717, 1.165) is 18.7 Å². The molecule has 1 saturated heterocycles. The number of para-hydroxylation sites is 2. The van der Waals surface area contributed by atoms with Gasteiger partial charge >= 0.3 is 0 Å². The van der Waals surface area contributed by atoms with Crippen molar-refractivity contribution in [2.75, 3.05) is 29.9 Å². The predicted octanol–water partition coefficient (Wildman–Crippen LogP) is 5.63. The summed E-state index contributed by atoms with van der Waals surface area (Å²) >= 11 is 1.22. The van der Waals surface area contributed by atoms with Gasteiger partial charge in [0.1, 0.15) is 5.82 Å². The highest BCUT2D eigenvalue weighted by Crippen LogP contribution is 2.31. The lowest BCUT2D eigenvalue weighted by molar-refractivity contribution is -0.125. The zero-order valence-electron chi connectivity index (χ0n) is 20.0. The van der Waals surface area contributed by atoms with Gasteiger partial charge in [-0.05, 0) is 49.1 Å². The van der Waals surface area contributed by atoms with Gasteiger partial charge in [0.15, 0.2) is 5.13 Å². The van der Waals surface area contributed by atoms with Crippen LogP contribution in [0.25, 0.3) is 6.08 Å². The Morgan fingerprint density at radius 3 is 2.54 bits per heavy atom. The number of aromatic nitrogens is 1. The van der Waals surface area contributed by atoms with Crippen LogP contribution in [-0.4, -0.2) is 41.8 Å². The monoisotopic (exact) mass is 492 g/mol. The van der Waals surface area contributed by atoms with Gasteiger partial charge in [-0.25, -0.2) is 9.37 Å². The molecule has 0 aliphatic carbocycles. The minimum atomic E-state index is -0.503. The highest BCUT2D eigenvalue weighted by Gasteiger charge is 2.21. The van der Waals surface area contributed by atoms with Gasteiger partial charge in [-0.1, -0.05) is 30.3 Å². The molecule has 0 saturated carbocycles. The minimum absolute atomic E-state index is 0.146. The Kier molecular flexibility index (Phi) is 7.92. The van der Waals surface area contributed by atoms with Gasteiger partial charge in [0.2, 0.25) is 11.8 Å². The Morgan fingerprint density at radius 2 is 1.80 bits per heavy atom. The van der Waals surface area contributed by atoms with E-state index in [2.05, 4.69) is 22.0 Å². The SMILES string of the molecule is CC(=O)N(c1nc(/C=C/C(=O)N(C)Cc2ccccc2N2CCCCC2)cs1)c1ccccc1F. The first kappa shape index (κ1) is 24.6. The van der Waals surface area contributed by atoms with E-state index in [0.29, 0.717) is 17.4 Å². The van der Waals surface area contributed by atoms with E-state index in [9.17, 15) is 14.0 Å². The van der Waals surface area contributed by atoms with Crippen molar-refractivity contribution in [3.05, 3.63) is 77.1 Å². The van der Waals surface area contributed by atoms with Crippen molar-refractivity contribution in [3.63, 3.8) is 0 Å². The van der Waals surface area contributed by atoms with Gasteiger partial charge in [0.05, 0.1) is 11.4 Å². The Hall–Kier alpha value is -3.52. The van der Waals surface area contributed by atoms with Crippen molar-refractivity contribution >= 4 is 45.7 Å². The van der Waals surface area contributed by atoms with Crippen molar-refractivity contribution in [1.29, 1.82) is 0 Å². The minimum Gasteiger partial charge on any atom is -0.371 e. The van der Waals surface area contributed by atoms with E-state index >= 15 is 0 Å². The summed E-state index contributed by atoms with van der Waals surface area (Å²) in [5, 5.41) is 2.08. The quantitative estimate of drug-likeness (QED) is 0.401. The van der Waals surface area contributed by atoms with Crippen molar-refractivity contribution < 1.29 is 14.0 Å². The molecule has 1 aliphatic rings. The average molecular weight is 493 g/mol. The number of thiazole rings is 1. The maximum Gasteiger partial charge on any atom is 0.246 e. The molecule has 0 N–H and O–H groups in total. The van der Waals surface area contributed by atoms with E-state index in [1.54, 1.807) is 35.5 Å². The molecular weight excluding hydrogens is 463 g/mol. The van der Waals surface area contributed by atoms with Crippen LogP contribution in [0.15, 0.2) is 60.0 Å². The van der Waals surface area contributed by atoms with Crippen molar-refractivity contribution in [2.45, 2.75) is 32.7 Å². The van der Waals surface area contributed by atoms with Crippen LogP contribution >= 0.6 is 11.3 Å². The van der Waals surface area contributed by atoms with E-state index in [-0.39, 0.29) is 17.5 Å². The molecule has 0 atom stereocenters. The number of hydrogen-bond donors (Lipinski definition) is 0. The number of carbonyl (C=O) groups excluding carboxylic acids is 2. The number of likely N-dealkylation sites (N-methyl/N-ethyl adjacent to an activating group) is 1. The summed E-state index contributed by atoms with van der Waals surface area (Å²) in [7, 11) is 1.78. The fourth-order valence-corrected chi connectivity index (χ4v) is 5.05. The maximum absolute atomic E-state index is 14.3. The summed E-state index contributed by atoms with van der Waals surface area (Å²) in [4.78, 5) is 34.8. The number of rotatable bonds is 7. The van der Waals surface area contributed by atoms with Gasteiger partial charge in [-0.3, -0.25) is 14.5 Å². The summed E-state index contributed by atoms with van der Waals surface area (Å²) in [6.07, 6.45) is 6.75.